The molecule has 0 aliphatic rings. The Morgan fingerprint density at radius 1 is 1.17 bits per heavy atom. The number of hydrogen-bond donors (Lipinski definition) is 0. The van der Waals surface area contributed by atoms with Crippen molar-refractivity contribution >= 4 is 11.3 Å². The van der Waals surface area contributed by atoms with Gasteiger partial charge in [0.1, 0.15) is 0 Å². The van der Waals surface area contributed by atoms with E-state index in [2.05, 4.69) is 26.7 Å². The van der Waals surface area contributed by atoms with E-state index in [0.717, 1.165) is 0 Å². The second-order valence-electron chi connectivity index (χ2n) is 1.47. The average Bonchev–Trinajstić information content (AvgIpc) is 2.64. The Morgan fingerprint density at radius 2 is 1.92 bits per heavy atom. The van der Waals surface area contributed by atoms with Gasteiger partial charge in [0.25, 0.3) is 0 Å². The minimum atomic E-state index is 0. The third-order valence-corrected chi connectivity index (χ3v) is 1.31. The summed E-state index contributed by atoms with van der Waals surface area (Å²) in [5, 5.41) is 4.89. The monoisotopic (exact) mass is 226 g/mol. The molecule has 0 saturated carbocycles. The second-order valence-corrected chi connectivity index (χ2v) is 2.21. The summed E-state index contributed by atoms with van der Waals surface area (Å²) < 4.78 is 0. The van der Waals surface area contributed by atoms with Crippen molar-refractivity contribution in [3.05, 3.63) is 41.9 Å². The van der Waals surface area contributed by atoms with Crippen LogP contribution in [0.15, 0.2) is 30.2 Å². The van der Waals surface area contributed by atoms with Gasteiger partial charge in [-0.2, -0.15) is 11.4 Å². The number of hydrogen-bond acceptors (Lipinski definition) is 4. The van der Waals surface area contributed by atoms with Crippen LogP contribution >= 0.6 is 11.3 Å². The molecular formula is C7H5CuN3S. The molecule has 0 atom stereocenters. The molecule has 3 nitrogen and oxygen atoms in total. The fourth-order valence-corrected chi connectivity index (χ4v) is 0.771. The van der Waals surface area contributed by atoms with E-state index in [0.29, 0.717) is 0 Å². The van der Waals surface area contributed by atoms with Gasteiger partial charge in [-0.05, 0) is 0 Å². The zero-order chi connectivity index (χ0) is 7.78. The number of rotatable bonds is 0. The Labute approximate surface area is 85.4 Å². The summed E-state index contributed by atoms with van der Waals surface area (Å²) >= 11 is 1.59. The van der Waals surface area contributed by atoms with Crippen molar-refractivity contribution in [1.29, 1.82) is 0 Å². The summed E-state index contributed by atoms with van der Waals surface area (Å²) in [5.74, 6) is 0. The van der Waals surface area contributed by atoms with Crippen molar-refractivity contribution in [2.24, 2.45) is 0 Å². The Kier molecular flexibility index (Phi) is 7.79. The van der Waals surface area contributed by atoms with Crippen LogP contribution in [0.3, 0.4) is 0 Å². The molecule has 2 aromatic rings. The van der Waals surface area contributed by atoms with Gasteiger partial charge < -0.3 is 26.3 Å². The van der Waals surface area contributed by atoms with Crippen LogP contribution in [0.1, 0.15) is 0 Å². The molecule has 0 spiro atoms. The fraction of sp³-hybridized carbons (Fsp3) is 0. The van der Waals surface area contributed by atoms with Gasteiger partial charge in [0.2, 0.25) is 0 Å². The summed E-state index contributed by atoms with van der Waals surface area (Å²) in [6.07, 6.45) is 5.09. The molecule has 0 bridgehead atoms. The van der Waals surface area contributed by atoms with Crippen molar-refractivity contribution in [2.45, 2.75) is 0 Å². The summed E-state index contributed by atoms with van der Waals surface area (Å²) in [6.45, 7) is 0. The molecule has 2 heterocycles. The van der Waals surface area contributed by atoms with Gasteiger partial charge in [-0.25, -0.2) is 6.07 Å². The van der Waals surface area contributed by atoms with Crippen molar-refractivity contribution in [2.75, 3.05) is 0 Å². The van der Waals surface area contributed by atoms with Gasteiger partial charge in [-0.15, -0.1) is 5.38 Å². The van der Waals surface area contributed by atoms with Crippen molar-refractivity contribution in [3.8, 4) is 0 Å². The molecule has 0 amide bonds. The Bertz CT molecular complexity index is 204. The van der Waals surface area contributed by atoms with Crippen molar-refractivity contribution in [1.82, 2.24) is 15.0 Å². The number of thiophene rings is 1. The maximum Gasteiger partial charge on any atom is 2.00 e. The Hall–Kier alpha value is -0.771. The van der Waals surface area contributed by atoms with Gasteiger partial charge in [0.15, 0.2) is 0 Å². The first-order valence-electron chi connectivity index (χ1n) is 2.88. The van der Waals surface area contributed by atoms with Gasteiger partial charge in [0.05, 0.1) is 0 Å². The maximum absolute atomic E-state index is 3.53. The molecule has 0 aliphatic heterocycles. The molecule has 65 valence electrons. The van der Waals surface area contributed by atoms with Gasteiger partial charge in [-0.3, -0.25) is 0 Å². The maximum atomic E-state index is 3.53. The molecule has 12 heavy (non-hydrogen) atoms. The zero-order valence-electron chi connectivity index (χ0n) is 5.94. The van der Waals surface area contributed by atoms with E-state index in [4.69, 9.17) is 0 Å². The summed E-state index contributed by atoms with van der Waals surface area (Å²) in [5.41, 5.74) is 0. The van der Waals surface area contributed by atoms with Crippen LogP contribution in [0.2, 0.25) is 0 Å². The van der Waals surface area contributed by atoms with Crippen LogP contribution in [0, 0.1) is 11.7 Å². The van der Waals surface area contributed by atoms with Crippen molar-refractivity contribution in [3.63, 3.8) is 0 Å². The van der Waals surface area contributed by atoms with Crippen LogP contribution in [-0.4, -0.2) is 15.0 Å². The third kappa shape index (κ3) is 5.97. The average molecular weight is 227 g/mol. The van der Waals surface area contributed by atoms with Crippen LogP contribution < -0.4 is 0 Å². The molecule has 0 aromatic carbocycles. The molecule has 5 heteroatoms. The predicted molar refractivity (Wildman–Crippen MR) is 41.8 cm³/mol. The van der Waals surface area contributed by atoms with E-state index in [1.54, 1.807) is 11.3 Å². The van der Waals surface area contributed by atoms with Gasteiger partial charge >= 0.3 is 17.1 Å². The predicted octanol–water partition coefficient (Wildman–Crippen LogP) is 1.22. The molecule has 1 radical (unpaired) electrons. The molecule has 0 fully saturated rings. The first-order chi connectivity index (χ1) is 5.50. The van der Waals surface area contributed by atoms with Crippen molar-refractivity contribution < 1.29 is 17.1 Å². The topological polar surface area (TPSA) is 38.7 Å². The molecule has 2 aromatic heterocycles. The van der Waals surface area contributed by atoms with Gasteiger partial charge in [-0.1, -0.05) is 0 Å². The van der Waals surface area contributed by atoms with E-state index in [-0.39, 0.29) is 17.1 Å². The summed E-state index contributed by atoms with van der Waals surface area (Å²) in [7, 11) is 0. The van der Waals surface area contributed by atoms with E-state index in [1.165, 1.54) is 12.7 Å². The minimum Gasteiger partial charge on any atom is -0.355 e. The van der Waals surface area contributed by atoms with Crippen LogP contribution in [0.25, 0.3) is 0 Å². The Balaban J connectivity index is 0.000000189. The largest absolute Gasteiger partial charge is 2.00 e. The first kappa shape index (κ1) is 11.2. The van der Waals surface area contributed by atoms with Crippen LogP contribution in [0.5, 0.6) is 0 Å². The second kappa shape index (κ2) is 8.33. The van der Waals surface area contributed by atoms with E-state index < -0.39 is 0 Å². The van der Waals surface area contributed by atoms with E-state index in [1.807, 2.05) is 17.5 Å². The quantitative estimate of drug-likeness (QED) is 0.501. The molecule has 0 N–H and O–H groups in total. The SMILES string of the molecule is [Cu+2].[c-]1cccs1.[c-]1ncncn1. The smallest absolute Gasteiger partial charge is 0.355 e. The number of aromatic nitrogens is 3. The van der Waals surface area contributed by atoms with Gasteiger partial charge in [0, 0.05) is 19.0 Å². The summed E-state index contributed by atoms with van der Waals surface area (Å²) in [6, 6.07) is 3.86. The van der Waals surface area contributed by atoms with E-state index in [9.17, 15) is 0 Å². The Morgan fingerprint density at radius 3 is 2.08 bits per heavy atom. The van der Waals surface area contributed by atoms with E-state index >= 15 is 0 Å². The molecule has 0 saturated heterocycles. The van der Waals surface area contributed by atoms with Crippen LogP contribution in [-0.2, 0) is 17.1 Å². The number of nitrogens with zero attached hydrogens (tertiary/aromatic N) is 3. The standard InChI is InChI=1S/C4H3S.C3H2N3.Cu/c1-2-4-5-3-1;1-4-2-6-3-5-1;/h1-3H;1-2H;/q2*-1;+2. The normalized spacial score (nSPS) is 7.33. The molecular weight excluding hydrogens is 222 g/mol. The third-order valence-electron chi connectivity index (χ3n) is 0.743. The molecule has 0 aliphatic carbocycles. The molecule has 2 rings (SSSR count). The molecule has 0 unspecified atom stereocenters. The zero-order valence-corrected chi connectivity index (χ0v) is 7.70. The summed E-state index contributed by atoms with van der Waals surface area (Å²) in [4.78, 5) is 10.4. The van der Waals surface area contributed by atoms with Crippen LogP contribution in [0.4, 0.5) is 0 Å². The minimum absolute atomic E-state index is 0. The first-order valence-corrected chi connectivity index (χ1v) is 3.75. The fourth-order valence-electron chi connectivity index (χ4n) is 0.378.